The summed E-state index contributed by atoms with van der Waals surface area (Å²) in [7, 11) is 0. The van der Waals surface area contributed by atoms with Gasteiger partial charge in [-0.05, 0) is 49.6 Å². The molecule has 1 aromatic carbocycles. The molecule has 0 aliphatic heterocycles. The van der Waals surface area contributed by atoms with Crippen LogP contribution in [0.2, 0.25) is 0 Å². The number of hydrogen-bond acceptors (Lipinski definition) is 2. The number of rotatable bonds is 6. The summed E-state index contributed by atoms with van der Waals surface area (Å²) in [4.78, 5) is 2.43. The van der Waals surface area contributed by atoms with Gasteiger partial charge in [0.05, 0.1) is 6.61 Å². The largest absolute Gasteiger partial charge is 0.395 e. The molecule has 1 aromatic rings. The van der Waals surface area contributed by atoms with Crippen molar-refractivity contribution in [3.8, 4) is 11.8 Å². The Morgan fingerprint density at radius 2 is 2.15 bits per heavy atom. The molecule has 2 rings (SSSR count). The minimum atomic E-state index is -0.233. The van der Waals surface area contributed by atoms with Crippen LogP contribution in [0.15, 0.2) is 18.2 Å². The predicted molar refractivity (Wildman–Crippen MR) is 78.7 cm³/mol. The minimum absolute atomic E-state index is 0.0428. The van der Waals surface area contributed by atoms with Crippen LogP contribution in [-0.4, -0.2) is 29.2 Å². The van der Waals surface area contributed by atoms with Crippen molar-refractivity contribution in [1.29, 1.82) is 0 Å². The molecule has 1 N–H and O–H groups in total. The molecule has 0 saturated heterocycles. The summed E-state index contributed by atoms with van der Waals surface area (Å²) in [5.41, 5.74) is 1.68. The molecule has 3 heteroatoms. The number of aliphatic hydroxyl groups excluding tert-OH is 1. The molecule has 20 heavy (non-hydrogen) atoms. The standard InChI is InChI=1S/C17H22FNO/c1-2-8-19(17-6-7-17)13-15-10-14(5-3-4-9-20)11-16(18)12-15/h10-12,17,20H,2,4,6-9,13H2,1H3. The summed E-state index contributed by atoms with van der Waals surface area (Å²) in [5, 5.41) is 8.72. The van der Waals surface area contributed by atoms with Crippen LogP contribution in [0, 0.1) is 17.7 Å². The quantitative estimate of drug-likeness (QED) is 0.807. The number of aliphatic hydroxyl groups is 1. The molecule has 0 radical (unpaired) electrons. The van der Waals surface area contributed by atoms with Crippen LogP contribution in [-0.2, 0) is 6.54 Å². The van der Waals surface area contributed by atoms with Gasteiger partial charge >= 0.3 is 0 Å². The fourth-order valence-electron chi connectivity index (χ4n) is 2.39. The molecule has 2 nitrogen and oxygen atoms in total. The van der Waals surface area contributed by atoms with Crippen LogP contribution in [0.3, 0.4) is 0 Å². The van der Waals surface area contributed by atoms with Crippen molar-refractivity contribution in [3.63, 3.8) is 0 Å². The summed E-state index contributed by atoms with van der Waals surface area (Å²) in [6.45, 7) is 4.07. The maximum Gasteiger partial charge on any atom is 0.124 e. The first kappa shape index (κ1) is 15.0. The number of nitrogens with zero attached hydrogens (tertiary/aromatic N) is 1. The first-order valence-corrected chi connectivity index (χ1v) is 7.36. The highest BCUT2D eigenvalue weighted by molar-refractivity contribution is 5.37. The monoisotopic (exact) mass is 275 g/mol. The second-order valence-electron chi connectivity index (χ2n) is 5.33. The second kappa shape index (κ2) is 7.42. The Morgan fingerprint density at radius 1 is 1.35 bits per heavy atom. The molecule has 0 spiro atoms. The molecule has 0 aromatic heterocycles. The summed E-state index contributed by atoms with van der Waals surface area (Å²) in [6.07, 6.45) is 4.07. The molecular weight excluding hydrogens is 253 g/mol. The maximum atomic E-state index is 13.7. The van der Waals surface area contributed by atoms with Gasteiger partial charge in [0.15, 0.2) is 0 Å². The molecule has 1 aliphatic carbocycles. The van der Waals surface area contributed by atoms with Gasteiger partial charge in [0.25, 0.3) is 0 Å². The van der Waals surface area contributed by atoms with E-state index < -0.39 is 0 Å². The van der Waals surface area contributed by atoms with E-state index in [-0.39, 0.29) is 12.4 Å². The van der Waals surface area contributed by atoms with Crippen molar-refractivity contribution in [3.05, 3.63) is 35.1 Å². The fourth-order valence-corrected chi connectivity index (χ4v) is 2.39. The van der Waals surface area contributed by atoms with E-state index in [0.29, 0.717) is 18.0 Å². The van der Waals surface area contributed by atoms with Gasteiger partial charge < -0.3 is 5.11 Å². The molecule has 108 valence electrons. The SMILES string of the molecule is CCCN(Cc1cc(F)cc(C#CCCO)c1)C1CC1. The average Bonchev–Trinajstić information content (AvgIpc) is 3.22. The van der Waals surface area contributed by atoms with E-state index in [4.69, 9.17) is 5.11 Å². The third-order valence-corrected chi connectivity index (χ3v) is 3.39. The van der Waals surface area contributed by atoms with E-state index in [1.165, 1.54) is 18.9 Å². The van der Waals surface area contributed by atoms with Gasteiger partial charge in [0.2, 0.25) is 0 Å². The predicted octanol–water partition coefficient (Wildman–Crippen LogP) is 2.93. The third-order valence-electron chi connectivity index (χ3n) is 3.39. The minimum Gasteiger partial charge on any atom is -0.395 e. The maximum absolute atomic E-state index is 13.7. The van der Waals surface area contributed by atoms with Crippen molar-refractivity contribution in [1.82, 2.24) is 4.90 Å². The van der Waals surface area contributed by atoms with Gasteiger partial charge in [0.1, 0.15) is 5.82 Å². The summed E-state index contributed by atoms with van der Waals surface area (Å²) in [6, 6.07) is 5.69. The zero-order chi connectivity index (χ0) is 14.4. The van der Waals surface area contributed by atoms with Gasteiger partial charge in [-0.3, -0.25) is 4.90 Å². The second-order valence-corrected chi connectivity index (χ2v) is 5.33. The van der Waals surface area contributed by atoms with E-state index >= 15 is 0 Å². The molecule has 0 atom stereocenters. The van der Waals surface area contributed by atoms with Crippen molar-refractivity contribution in [2.75, 3.05) is 13.2 Å². The highest BCUT2D eigenvalue weighted by atomic mass is 19.1. The number of benzene rings is 1. The van der Waals surface area contributed by atoms with Crippen molar-refractivity contribution < 1.29 is 9.50 Å². The van der Waals surface area contributed by atoms with Gasteiger partial charge in [0, 0.05) is 24.6 Å². The zero-order valence-electron chi connectivity index (χ0n) is 12.0. The smallest absolute Gasteiger partial charge is 0.124 e. The van der Waals surface area contributed by atoms with Crippen LogP contribution >= 0.6 is 0 Å². The molecular formula is C17H22FNO. The van der Waals surface area contributed by atoms with Crippen molar-refractivity contribution >= 4 is 0 Å². The van der Waals surface area contributed by atoms with E-state index in [1.54, 1.807) is 6.07 Å². The Hall–Kier alpha value is -1.37. The first-order chi connectivity index (χ1) is 9.72. The highest BCUT2D eigenvalue weighted by Crippen LogP contribution is 2.28. The first-order valence-electron chi connectivity index (χ1n) is 7.36. The summed E-state index contributed by atoms with van der Waals surface area (Å²) in [5.74, 6) is 5.51. The van der Waals surface area contributed by atoms with E-state index in [2.05, 4.69) is 23.7 Å². The molecule has 0 heterocycles. The fraction of sp³-hybridized carbons (Fsp3) is 0.529. The van der Waals surface area contributed by atoms with E-state index in [0.717, 1.165) is 25.1 Å². The van der Waals surface area contributed by atoms with Gasteiger partial charge in [-0.25, -0.2) is 4.39 Å². The van der Waals surface area contributed by atoms with Crippen LogP contribution < -0.4 is 0 Å². The van der Waals surface area contributed by atoms with Crippen LogP contribution in [0.1, 0.15) is 43.7 Å². The van der Waals surface area contributed by atoms with Crippen LogP contribution in [0.25, 0.3) is 0 Å². The molecule has 1 aliphatic rings. The van der Waals surface area contributed by atoms with E-state index in [9.17, 15) is 4.39 Å². The number of hydrogen-bond donors (Lipinski definition) is 1. The Bertz CT molecular complexity index is 499. The zero-order valence-corrected chi connectivity index (χ0v) is 12.0. The third kappa shape index (κ3) is 4.63. The molecule has 1 saturated carbocycles. The summed E-state index contributed by atoms with van der Waals surface area (Å²) < 4.78 is 13.7. The Balaban J connectivity index is 2.08. The molecule has 0 unspecified atom stereocenters. The normalized spacial score (nSPS) is 14.2. The lowest BCUT2D eigenvalue weighted by molar-refractivity contribution is 0.255. The molecule has 1 fully saturated rings. The molecule has 0 bridgehead atoms. The van der Waals surface area contributed by atoms with E-state index in [1.807, 2.05) is 6.07 Å². The van der Waals surface area contributed by atoms with Crippen molar-refractivity contribution in [2.45, 2.75) is 45.2 Å². The average molecular weight is 275 g/mol. The molecule has 0 amide bonds. The van der Waals surface area contributed by atoms with Gasteiger partial charge in [-0.2, -0.15) is 0 Å². The van der Waals surface area contributed by atoms with Gasteiger partial charge in [-0.15, -0.1) is 0 Å². The number of halogens is 1. The van der Waals surface area contributed by atoms with Crippen LogP contribution in [0.5, 0.6) is 0 Å². The Morgan fingerprint density at radius 3 is 2.80 bits per heavy atom. The lowest BCUT2D eigenvalue weighted by atomic mass is 10.1. The lowest BCUT2D eigenvalue weighted by Gasteiger charge is -2.21. The Labute approximate surface area is 120 Å². The van der Waals surface area contributed by atoms with Crippen molar-refractivity contribution in [2.24, 2.45) is 0 Å². The highest BCUT2D eigenvalue weighted by Gasteiger charge is 2.28. The van der Waals surface area contributed by atoms with Crippen LogP contribution in [0.4, 0.5) is 4.39 Å². The lowest BCUT2D eigenvalue weighted by Crippen LogP contribution is -2.26. The topological polar surface area (TPSA) is 23.5 Å². The summed E-state index contributed by atoms with van der Waals surface area (Å²) >= 11 is 0. The Kier molecular flexibility index (Phi) is 5.58. The van der Waals surface area contributed by atoms with Gasteiger partial charge in [-0.1, -0.05) is 18.8 Å².